The fourth-order valence-electron chi connectivity index (χ4n) is 2.61. The maximum atomic E-state index is 12.5. The van der Waals surface area contributed by atoms with Gasteiger partial charge in [0.25, 0.3) is 5.91 Å². The molecule has 1 saturated heterocycles. The molecule has 0 spiro atoms. The Kier molecular flexibility index (Phi) is 4.96. The van der Waals surface area contributed by atoms with Crippen molar-refractivity contribution in [1.82, 2.24) is 9.88 Å². The third kappa shape index (κ3) is 3.66. The van der Waals surface area contributed by atoms with Crippen molar-refractivity contribution >= 4 is 22.4 Å². The molecule has 1 atom stereocenters. The van der Waals surface area contributed by atoms with Gasteiger partial charge in [0.05, 0.1) is 11.6 Å². The van der Waals surface area contributed by atoms with Crippen LogP contribution in [0.4, 0.5) is 5.13 Å². The Morgan fingerprint density at radius 3 is 2.58 bits per heavy atom. The highest BCUT2D eigenvalue weighted by Crippen LogP contribution is 2.20. The van der Waals surface area contributed by atoms with Crippen LogP contribution in [0.5, 0.6) is 5.75 Å². The van der Waals surface area contributed by atoms with Gasteiger partial charge in [0.15, 0.2) is 11.2 Å². The Labute approximate surface area is 144 Å². The average Bonchev–Trinajstić information content (AvgIpc) is 3.16. The highest BCUT2D eigenvalue weighted by atomic mass is 32.1. The smallest absolute Gasteiger partial charge is 0.263 e. The van der Waals surface area contributed by atoms with E-state index in [1.54, 1.807) is 48.7 Å². The molecule has 0 saturated carbocycles. The number of aromatic nitrogens is 1. The van der Waals surface area contributed by atoms with E-state index in [-0.39, 0.29) is 5.91 Å². The predicted octanol–water partition coefficient (Wildman–Crippen LogP) is 2.13. The lowest BCUT2D eigenvalue weighted by molar-refractivity contribution is -0.138. The maximum absolute atomic E-state index is 12.5. The molecule has 0 N–H and O–H groups in total. The molecule has 1 aromatic heterocycles. The van der Waals surface area contributed by atoms with Crippen molar-refractivity contribution in [3.63, 3.8) is 0 Å². The summed E-state index contributed by atoms with van der Waals surface area (Å²) in [4.78, 5) is 20.9. The molecule has 7 heteroatoms. The standard InChI is InChI=1S/C17H18N4O2S/c1-13(23-15-4-2-14(12-18)3-5-15)16(22)20-7-9-21(10-8-20)17-19-6-11-24-17/h2-6,11,13H,7-10H2,1H3. The SMILES string of the molecule is CC(Oc1ccc(C#N)cc1)C(=O)N1CCN(c2nccs2)CC1. The number of thiazole rings is 1. The summed E-state index contributed by atoms with van der Waals surface area (Å²) in [7, 11) is 0. The van der Waals surface area contributed by atoms with Crippen LogP contribution in [-0.4, -0.2) is 48.1 Å². The van der Waals surface area contributed by atoms with Crippen molar-refractivity contribution in [3.05, 3.63) is 41.4 Å². The van der Waals surface area contributed by atoms with E-state index in [1.165, 1.54) is 0 Å². The lowest BCUT2D eigenvalue weighted by atomic mass is 10.2. The van der Waals surface area contributed by atoms with Gasteiger partial charge in [0.1, 0.15) is 5.75 Å². The fourth-order valence-corrected chi connectivity index (χ4v) is 3.31. The number of anilines is 1. The number of carbonyl (C=O) groups excluding carboxylic acids is 1. The molecule has 6 nitrogen and oxygen atoms in total. The van der Waals surface area contributed by atoms with Gasteiger partial charge in [-0.15, -0.1) is 11.3 Å². The van der Waals surface area contributed by atoms with Gasteiger partial charge >= 0.3 is 0 Å². The summed E-state index contributed by atoms with van der Waals surface area (Å²) in [5, 5.41) is 11.8. The zero-order chi connectivity index (χ0) is 16.9. The van der Waals surface area contributed by atoms with Crippen LogP contribution in [0, 0.1) is 11.3 Å². The molecule has 1 aromatic carbocycles. The van der Waals surface area contributed by atoms with Crippen LogP contribution in [-0.2, 0) is 4.79 Å². The zero-order valence-electron chi connectivity index (χ0n) is 13.4. The number of amides is 1. The van der Waals surface area contributed by atoms with E-state index in [0.29, 0.717) is 24.4 Å². The van der Waals surface area contributed by atoms with Crippen LogP contribution in [0.15, 0.2) is 35.8 Å². The van der Waals surface area contributed by atoms with Crippen molar-refractivity contribution in [2.75, 3.05) is 31.1 Å². The zero-order valence-corrected chi connectivity index (χ0v) is 14.2. The first-order valence-electron chi connectivity index (χ1n) is 7.77. The van der Waals surface area contributed by atoms with Crippen LogP contribution in [0.25, 0.3) is 0 Å². The number of hydrogen-bond acceptors (Lipinski definition) is 6. The van der Waals surface area contributed by atoms with Crippen LogP contribution in [0.1, 0.15) is 12.5 Å². The summed E-state index contributed by atoms with van der Waals surface area (Å²) in [5.41, 5.74) is 0.569. The quantitative estimate of drug-likeness (QED) is 0.851. The normalized spacial score (nSPS) is 15.7. The molecule has 0 radical (unpaired) electrons. The van der Waals surface area contributed by atoms with Crippen LogP contribution >= 0.6 is 11.3 Å². The Balaban J connectivity index is 1.53. The van der Waals surface area contributed by atoms with E-state index in [1.807, 2.05) is 10.3 Å². The first kappa shape index (κ1) is 16.3. The van der Waals surface area contributed by atoms with Crippen molar-refractivity contribution in [2.45, 2.75) is 13.0 Å². The van der Waals surface area contributed by atoms with E-state index >= 15 is 0 Å². The number of rotatable bonds is 4. The lowest BCUT2D eigenvalue weighted by Crippen LogP contribution is -2.52. The molecule has 0 aliphatic carbocycles. The minimum Gasteiger partial charge on any atom is -0.481 e. The molecule has 24 heavy (non-hydrogen) atoms. The molecule has 1 aliphatic heterocycles. The van der Waals surface area contributed by atoms with Crippen molar-refractivity contribution in [1.29, 1.82) is 5.26 Å². The monoisotopic (exact) mass is 342 g/mol. The van der Waals surface area contributed by atoms with Crippen molar-refractivity contribution in [3.8, 4) is 11.8 Å². The molecule has 2 heterocycles. The van der Waals surface area contributed by atoms with Gasteiger partial charge in [-0.05, 0) is 31.2 Å². The average molecular weight is 342 g/mol. The Morgan fingerprint density at radius 1 is 1.29 bits per heavy atom. The topological polar surface area (TPSA) is 69.5 Å². The predicted molar refractivity (Wildman–Crippen MR) is 92.2 cm³/mol. The first-order chi connectivity index (χ1) is 11.7. The lowest BCUT2D eigenvalue weighted by Gasteiger charge is -2.35. The second-order valence-corrected chi connectivity index (χ2v) is 6.40. The Morgan fingerprint density at radius 2 is 2.00 bits per heavy atom. The highest BCUT2D eigenvalue weighted by Gasteiger charge is 2.26. The van der Waals surface area contributed by atoms with E-state index in [0.717, 1.165) is 18.2 Å². The molecule has 1 amide bonds. The van der Waals surface area contributed by atoms with E-state index < -0.39 is 6.10 Å². The van der Waals surface area contributed by atoms with E-state index in [2.05, 4.69) is 16.0 Å². The van der Waals surface area contributed by atoms with Crippen LogP contribution in [0.2, 0.25) is 0 Å². The summed E-state index contributed by atoms with van der Waals surface area (Å²) < 4.78 is 5.70. The van der Waals surface area contributed by atoms with Crippen LogP contribution in [0.3, 0.4) is 0 Å². The summed E-state index contributed by atoms with van der Waals surface area (Å²) in [6.07, 6.45) is 1.25. The van der Waals surface area contributed by atoms with Crippen molar-refractivity contribution < 1.29 is 9.53 Å². The summed E-state index contributed by atoms with van der Waals surface area (Å²) >= 11 is 1.61. The Bertz CT molecular complexity index is 716. The second kappa shape index (κ2) is 7.32. The van der Waals surface area contributed by atoms with Gasteiger partial charge in [-0.2, -0.15) is 5.26 Å². The van der Waals surface area contributed by atoms with Gasteiger partial charge < -0.3 is 14.5 Å². The molecule has 0 bridgehead atoms. The largest absolute Gasteiger partial charge is 0.481 e. The van der Waals surface area contributed by atoms with Crippen molar-refractivity contribution in [2.24, 2.45) is 0 Å². The minimum absolute atomic E-state index is 0.0156. The number of benzene rings is 1. The first-order valence-corrected chi connectivity index (χ1v) is 8.65. The highest BCUT2D eigenvalue weighted by molar-refractivity contribution is 7.13. The summed E-state index contributed by atoms with van der Waals surface area (Å²) in [5.74, 6) is 0.578. The number of nitrogens with zero attached hydrogens (tertiary/aromatic N) is 4. The Hall–Kier alpha value is -2.59. The third-order valence-electron chi connectivity index (χ3n) is 3.93. The minimum atomic E-state index is -0.552. The molecular weight excluding hydrogens is 324 g/mol. The molecule has 1 unspecified atom stereocenters. The van der Waals surface area contributed by atoms with Gasteiger partial charge in [-0.25, -0.2) is 4.98 Å². The number of piperazine rings is 1. The number of ether oxygens (including phenoxy) is 1. The molecular formula is C17H18N4O2S. The number of hydrogen-bond donors (Lipinski definition) is 0. The number of nitriles is 1. The second-order valence-electron chi connectivity index (χ2n) is 5.52. The number of carbonyl (C=O) groups is 1. The molecule has 124 valence electrons. The third-order valence-corrected chi connectivity index (χ3v) is 4.76. The molecule has 1 fully saturated rings. The van der Waals surface area contributed by atoms with Gasteiger partial charge in [0.2, 0.25) is 0 Å². The molecule has 3 rings (SSSR count). The van der Waals surface area contributed by atoms with E-state index in [9.17, 15) is 4.79 Å². The summed E-state index contributed by atoms with van der Waals surface area (Å²) in [6, 6.07) is 8.84. The maximum Gasteiger partial charge on any atom is 0.263 e. The fraction of sp³-hybridized carbons (Fsp3) is 0.353. The molecule has 1 aliphatic rings. The summed E-state index contributed by atoms with van der Waals surface area (Å²) in [6.45, 7) is 4.65. The van der Waals surface area contributed by atoms with Gasteiger partial charge in [0, 0.05) is 37.8 Å². The molecule has 2 aromatic rings. The van der Waals surface area contributed by atoms with Crippen LogP contribution < -0.4 is 9.64 Å². The van der Waals surface area contributed by atoms with Gasteiger partial charge in [-0.3, -0.25) is 4.79 Å². The van der Waals surface area contributed by atoms with Gasteiger partial charge in [-0.1, -0.05) is 0 Å². The van der Waals surface area contributed by atoms with E-state index in [4.69, 9.17) is 10.00 Å².